The zero-order valence-corrected chi connectivity index (χ0v) is 16.6. The van der Waals surface area contributed by atoms with E-state index in [4.69, 9.17) is 10.7 Å². The third kappa shape index (κ3) is 2.60. The summed E-state index contributed by atoms with van der Waals surface area (Å²) in [6.07, 6.45) is 0. The number of thiazole rings is 1. The van der Waals surface area contributed by atoms with Crippen LogP contribution in [0.4, 0.5) is 5.82 Å². The molecular weight excluding hydrogens is 394 g/mol. The van der Waals surface area contributed by atoms with E-state index in [0.717, 1.165) is 21.5 Å². The molecule has 0 spiro atoms. The van der Waals surface area contributed by atoms with Crippen LogP contribution < -0.4 is 5.73 Å². The molecule has 0 fully saturated rings. The molecule has 5 aromatic rings. The maximum atomic E-state index is 9.45. The Bertz CT molecular complexity index is 1500. The van der Waals surface area contributed by atoms with Crippen molar-refractivity contribution in [1.82, 2.24) is 19.5 Å². The maximum Gasteiger partial charge on any atom is 0.179 e. The number of hydrogen-bond acceptors (Lipinski definition) is 7. The molecule has 3 aromatic heterocycles. The van der Waals surface area contributed by atoms with Gasteiger partial charge in [-0.1, -0.05) is 29.8 Å². The summed E-state index contributed by atoms with van der Waals surface area (Å²) in [5, 5.41) is 19.6. The van der Waals surface area contributed by atoms with Gasteiger partial charge < -0.3 is 5.73 Å². The van der Waals surface area contributed by atoms with Gasteiger partial charge in [0.2, 0.25) is 0 Å². The predicted molar refractivity (Wildman–Crippen MR) is 116 cm³/mol. The minimum atomic E-state index is -0.0355. The van der Waals surface area contributed by atoms with Gasteiger partial charge in [0.05, 0.1) is 15.8 Å². The fourth-order valence-electron chi connectivity index (χ4n) is 3.40. The highest BCUT2D eigenvalue weighted by atomic mass is 32.1. The number of aryl methyl sites for hydroxylation is 1. The molecule has 0 aliphatic heterocycles. The lowest BCUT2D eigenvalue weighted by Gasteiger charge is -2.08. The smallest absolute Gasteiger partial charge is 0.179 e. The SMILES string of the molecule is Cc1ccc(-n2c(N)c(-c3nc4ccccc4s3)c3nc(C#N)c(C#N)nc32)cc1. The summed E-state index contributed by atoms with van der Waals surface area (Å²) in [5.74, 6) is 0.409. The lowest BCUT2D eigenvalue weighted by atomic mass is 10.2. The van der Waals surface area contributed by atoms with Crippen LogP contribution in [0.1, 0.15) is 17.0 Å². The van der Waals surface area contributed by atoms with Gasteiger partial charge in [0.25, 0.3) is 0 Å². The molecule has 2 N–H and O–H groups in total. The van der Waals surface area contributed by atoms with Crippen LogP contribution in [0.3, 0.4) is 0 Å². The lowest BCUT2D eigenvalue weighted by Crippen LogP contribution is -2.03. The Morgan fingerprint density at radius 3 is 2.33 bits per heavy atom. The van der Waals surface area contributed by atoms with E-state index in [0.29, 0.717) is 27.6 Å². The van der Waals surface area contributed by atoms with Crippen molar-refractivity contribution >= 4 is 38.5 Å². The Balaban J connectivity index is 1.90. The predicted octanol–water partition coefficient (Wildman–Crippen LogP) is 4.33. The average Bonchev–Trinajstić information content (AvgIpc) is 3.30. The first kappa shape index (κ1) is 17.8. The molecule has 0 unspecified atom stereocenters. The molecule has 2 aromatic carbocycles. The van der Waals surface area contributed by atoms with Gasteiger partial charge in [0.1, 0.15) is 28.5 Å². The van der Waals surface area contributed by atoms with Crippen molar-refractivity contribution in [1.29, 1.82) is 10.5 Å². The summed E-state index contributed by atoms with van der Waals surface area (Å²) in [7, 11) is 0. The quantitative estimate of drug-likeness (QED) is 0.465. The summed E-state index contributed by atoms with van der Waals surface area (Å²) in [5.41, 5.74) is 10.8. The number of nitriles is 2. The van der Waals surface area contributed by atoms with E-state index < -0.39 is 0 Å². The number of rotatable bonds is 2. The maximum absolute atomic E-state index is 9.45. The van der Waals surface area contributed by atoms with Gasteiger partial charge in [0, 0.05) is 5.69 Å². The van der Waals surface area contributed by atoms with Crippen molar-refractivity contribution in [2.45, 2.75) is 6.92 Å². The molecule has 0 radical (unpaired) electrons. The van der Waals surface area contributed by atoms with Gasteiger partial charge >= 0.3 is 0 Å². The zero-order chi connectivity index (χ0) is 20.8. The van der Waals surface area contributed by atoms with Crippen LogP contribution in [0.5, 0.6) is 0 Å². The average molecular weight is 407 g/mol. The van der Waals surface area contributed by atoms with Crippen LogP contribution in [0.15, 0.2) is 48.5 Å². The highest BCUT2D eigenvalue weighted by Crippen LogP contribution is 2.40. The normalized spacial score (nSPS) is 10.9. The van der Waals surface area contributed by atoms with E-state index in [1.54, 1.807) is 4.57 Å². The fraction of sp³-hybridized carbons (Fsp3) is 0.0455. The van der Waals surface area contributed by atoms with Crippen molar-refractivity contribution in [2.24, 2.45) is 0 Å². The molecule has 0 aliphatic rings. The van der Waals surface area contributed by atoms with E-state index in [-0.39, 0.29) is 11.4 Å². The number of para-hydroxylation sites is 1. The van der Waals surface area contributed by atoms with Crippen LogP contribution in [0.2, 0.25) is 0 Å². The zero-order valence-electron chi connectivity index (χ0n) is 15.8. The summed E-state index contributed by atoms with van der Waals surface area (Å²) in [4.78, 5) is 13.6. The number of anilines is 1. The number of hydrogen-bond donors (Lipinski definition) is 1. The standard InChI is InChI=1S/C22H13N7S/c1-12-6-8-13(9-7-12)29-20(25)18(22-28-14-4-2-3-5-17(14)30-22)19-21(29)27-16(11-24)15(10-23)26-19/h2-9H,25H2,1H3. The first-order valence-electron chi connectivity index (χ1n) is 9.06. The first-order chi connectivity index (χ1) is 14.6. The summed E-state index contributed by atoms with van der Waals surface area (Å²) in [6.45, 7) is 2.00. The van der Waals surface area contributed by atoms with Gasteiger partial charge in [-0.05, 0) is 31.2 Å². The Kier molecular flexibility index (Phi) is 3.95. The van der Waals surface area contributed by atoms with Crippen molar-refractivity contribution in [3.8, 4) is 28.4 Å². The van der Waals surface area contributed by atoms with Crippen molar-refractivity contribution in [2.75, 3.05) is 5.73 Å². The second-order valence-corrected chi connectivity index (χ2v) is 7.77. The van der Waals surface area contributed by atoms with Gasteiger partial charge in [-0.15, -0.1) is 11.3 Å². The summed E-state index contributed by atoms with van der Waals surface area (Å²) in [6, 6.07) is 19.5. The topological polar surface area (TPSA) is 117 Å². The van der Waals surface area contributed by atoms with Crippen LogP contribution in [-0.2, 0) is 0 Å². The number of nitrogens with zero attached hydrogens (tertiary/aromatic N) is 6. The van der Waals surface area contributed by atoms with Crippen molar-refractivity contribution in [3.63, 3.8) is 0 Å². The minimum Gasteiger partial charge on any atom is -0.384 e. The molecule has 7 nitrogen and oxygen atoms in total. The number of nitrogens with two attached hydrogens (primary N) is 1. The molecule has 0 saturated heterocycles. The number of aromatic nitrogens is 4. The first-order valence-corrected chi connectivity index (χ1v) is 9.87. The highest BCUT2D eigenvalue weighted by molar-refractivity contribution is 7.21. The van der Waals surface area contributed by atoms with Gasteiger partial charge in [-0.3, -0.25) is 4.57 Å². The van der Waals surface area contributed by atoms with Crippen LogP contribution >= 0.6 is 11.3 Å². The molecular formula is C22H13N7S. The molecule has 0 bridgehead atoms. The van der Waals surface area contributed by atoms with Crippen molar-refractivity contribution in [3.05, 3.63) is 65.5 Å². The molecule has 0 atom stereocenters. The third-order valence-electron chi connectivity index (χ3n) is 4.83. The van der Waals surface area contributed by atoms with Crippen LogP contribution in [0.25, 0.3) is 37.6 Å². The van der Waals surface area contributed by atoms with E-state index in [2.05, 4.69) is 9.97 Å². The summed E-state index contributed by atoms with van der Waals surface area (Å²) < 4.78 is 2.77. The van der Waals surface area contributed by atoms with E-state index in [1.807, 2.05) is 67.6 Å². The minimum absolute atomic E-state index is 0.0339. The largest absolute Gasteiger partial charge is 0.384 e. The Morgan fingerprint density at radius 2 is 1.63 bits per heavy atom. The number of fused-ring (bicyclic) bond motifs is 2. The summed E-state index contributed by atoms with van der Waals surface area (Å²) >= 11 is 1.49. The van der Waals surface area contributed by atoms with Crippen LogP contribution in [-0.4, -0.2) is 19.5 Å². The highest BCUT2D eigenvalue weighted by Gasteiger charge is 2.24. The molecule has 0 saturated carbocycles. The lowest BCUT2D eigenvalue weighted by molar-refractivity contribution is 1.08. The monoisotopic (exact) mass is 407 g/mol. The van der Waals surface area contributed by atoms with E-state index in [1.165, 1.54) is 11.3 Å². The Morgan fingerprint density at radius 1 is 0.933 bits per heavy atom. The Hall–Kier alpha value is -4.27. The van der Waals surface area contributed by atoms with Gasteiger partial charge in [-0.25, -0.2) is 15.0 Å². The molecule has 3 heterocycles. The number of nitrogen functional groups attached to an aromatic ring is 1. The van der Waals surface area contributed by atoms with Crippen LogP contribution in [0, 0.1) is 29.6 Å². The second-order valence-electron chi connectivity index (χ2n) is 6.73. The molecule has 0 amide bonds. The second kappa shape index (κ2) is 6.66. The van der Waals surface area contributed by atoms with E-state index in [9.17, 15) is 10.5 Å². The molecule has 8 heteroatoms. The molecule has 0 aliphatic carbocycles. The molecule has 142 valence electrons. The number of benzene rings is 2. The molecule has 5 rings (SSSR count). The molecule has 30 heavy (non-hydrogen) atoms. The Labute approximate surface area is 175 Å². The van der Waals surface area contributed by atoms with E-state index >= 15 is 0 Å². The van der Waals surface area contributed by atoms with Gasteiger partial charge in [0.15, 0.2) is 17.0 Å². The third-order valence-corrected chi connectivity index (χ3v) is 5.89. The van der Waals surface area contributed by atoms with Crippen molar-refractivity contribution < 1.29 is 0 Å². The van der Waals surface area contributed by atoms with Gasteiger partial charge in [-0.2, -0.15) is 10.5 Å². The fourth-order valence-corrected chi connectivity index (χ4v) is 4.42.